The summed E-state index contributed by atoms with van der Waals surface area (Å²) >= 11 is 0. The highest BCUT2D eigenvalue weighted by Crippen LogP contribution is 2.20. The average molecular weight is 312 g/mol. The van der Waals surface area contributed by atoms with E-state index < -0.39 is 0 Å². The lowest BCUT2D eigenvalue weighted by atomic mass is 10.1. The summed E-state index contributed by atoms with van der Waals surface area (Å²) in [5.74, 6) is 1.65. The van der Waals surface area contributed by atoms with Crippen molar-refractivity contribution in [3.63, 3.8) is 0 Å². The van der Waals surface area contributed by atoms with Crippen LogP contribution in [0.2, 0.25) is 0 Å². The van der Waals surface area contributed by atoms with Crippen molar-refractivity contribution >= 4 is 11.8 Å². The quantitative estimate of drug-likeness (QED) is 0.888. The van der Waals surface area contributed by atoms with Crippen LogP contribution in [0.4, 0.5) is 11.8 Å². The van der Waals surface area contributed by atoms with Crippen molar-refractivity contribution in [2.75, 3.05) is 10.2 Å². The maximum absolute atomic E-state index is 4.74. The zero-order valence-corrected chi connectivity index (χ0v) is 15.1. The van der Waals surface area contributed by atoms with Crippen LogP contribution < -0.4 is 10.2 Å². The number of nitrogens with zero attached hydrogens (tertiary/aromatic N) is 3. The predicted octanol–water partition coefficient (Wildman–Crippen LogP) is 4.41. The van der Waals surface area contributed by atoms with Gasteiger partial charge in [0.15, 0.2) is 0 Å². The van der Waals surface area contributed by atoms with Gasteiger partial charge in [-0.05, 0) is 47.1 Å². The molecule has 2 rings (SSSR count). The molecule has 4 heteroatoms. The predicted molar refractivity (Wildman–Crippen MR) is 97.9 cm³/mol. The Bertz CT molecular complexity index is 630. The fourth-order valence-corrected chi connectivity index (χ4v) is 2.39. The van der Waals surface area contributed by atoms with Gasteiger partial charge < -0.3 is 10.2 Å². The Morgan fingerprint density at radius 1 is 1.09 bits per heavy atom. The van der Waals surface area contributed by atoms with Crippen molar-refractivity contribution < 1.29 is 0 Å². The molecule has 0 saturated carbocycles. The van der Waals surface area contributed by atoms with E-state index in [1.807, 2.05) is 19.1 Å². The molecule has 1 N–H and O–H groups in total. The number of anilines is 2. The molecule has 0 aliphatic carbocycles. The van der Waals surface area contributed by atoms with Gasteiger partial charge in [-0.2, -0.15) is 4.98 Å². The second-order valence-corrected chi connectivity index (χ2v) is 7.28. The fourth-order valence-electron chi connectivity index (χ4n) is 2.39. The van der Waals surface area contributed by atoms with Gasteiger partial charge in [0.05, 0.1) is 0 Å². The molecule has 1 heterocycles. The zero-order chi connectivity index (χ0) is 17.0. The van der Waals surface area contributed by atoms with Crippen molar-refractivity contribution in [2.24, 2.45) is 0 Å². The van der Waals surface area contributed by atoms with Gasteiger partial charge in [-0.15, -0.1) is 0 Å². The lowest BCUT2D eigenvalue weighted by molar-refractivity contribution is 0.625. The number of rotatable bonds is 5. The SMILES string of the molecule is Cc1cc(NC(C)(C)C)nc(N(Cc2ccccc2)C(C)C)n1. The highest BCUT2D eigenvalue weighted by molar-refractivity contribution is 5.46. The van der Waals surface area contributed by atoms with Crippen LogP contribution in [0, 0.1) is 6.92 Å². The molecule has 124 valence electrons. The van der Waals surface area contributed by atoms with E-state index in [0.717, 1.165) is 24.0 Å². The Kier molecular flexibility index (Phi) is 5.24. The first kappa shape index (κ1) is 17.3. The Balaban J connectivity index is 2.32. The number of nitrogens with one attached hydrogen (secondary N) is 1. The van der Waals surface area contributed by atoms with Crippen LogP contribution in [-0.4, -0.2) is 21.5 Å². The highest BCUT2D eigenvalue weighted by Gasteiger charge is 2.17. The summed E-state index contributed by atoms with van der Waals surface area (Å²) in [5.41, 5.74) is 2.21. The molecule has 0 unspecified atom stereocenters. The molecule has 4 nitrogen and oxygen atoms in total. The zero-order valence-electron chi connectivity index (χ0n) is 15.1. The number of hydrogen-bond acceptors (Lipinski definition) is 4. The number of aromatic nitrogens is 2. The summed E-state index contributed by atoms with van der Waals surface area (Å²) in [4.78, 5) is 11.6. The minimum Gasteiger partial charge on any atom is -0.365 e. The molecule has 1 aromatic carbocycles. The molecule has 1 aromatic heterocycles. The molecular formula is C19H28N4. The minimum absolute atomic E-state index is 0.0276. The number of hydrogen-bond donors (Lipinski definition) is 1. The van der Waals surface area contributed by atoms with Crippen LogP contribution in [-0.2, 0) is 6.54 Å². The Hall–Kier alpha value is -2.10. The molecule has 0 spiro atoms. The van der Waals surface area contributed by atoms with E-state index in [0.29, 0.717) is 6.04 Å². The Morgan fingerprint density at radius 3 is 2.30 bits per heavy atom. The molecule has 2 aromatic rings. The van der Waals surface area contributed by atoms with Crippen molar-refractivity contribution in [1.82, 2.24) is 9.97 Å². The molecule has 0 bridgehead atoms. The van der Waals surface area contributed by atoms with E-state index in [2.05, 4.69) is 74.1 Å². The van der Waals surface area contributed by atoms with Gasteiger partial charge in [-0.25, -0.2) is 4.98 Å². The van der Waals surface area contributed by atoms with Crippen LogP contribution in [0.5, 0.6) is 0 Å². The molecule has 0 aliphatic heterocycles. The van der Waals surface area contributed by atoms with Gasteiger partial charge in [-0.1, -0.05) is 30.3 Å². The van der Waals surface area contributed by atoms with Crippen molar-refractivity contribution in [2.45, 2.75) is 59.7 Å². The summed E-state index contributed by atoms with van der Waals surface area (Å²) in [5, 5.41) is 3.44. The van der Waals surface area contributed by atoms with Crippen LogP contribution in [0.15, 0.2) is 36.4 Å². The largest absolute Gasteiger partial charge is 0.365 e. The molecule has 0 radical (unpaired) electrons. The van der Waals surface area contributed by atoms with Crippen LogP contribution in [0.25, 0.3) is 0 Å². The third-order valence-corrected chi connectivity index (χ3v) is 3.42. The number of benzene rings is 1. The maximum atomic E-state index is 4.74. The van der Waals surface area contributed by atoms with Crippen molar-refractivity contribution in [3.05, 3.63) is 47.7 Å². The lowest BCUT2D eigenvalue weighted by Gasteiger charge is -2.28. The summed E-state index contributed by atoms with van der Waals surface area (Å²) in [6.07, 6.45) is 0. The smallest absolute Gasteiger partial charge is 0.228 e. The molecule has 0 aliphatic rings. The third-order valence-electron chi connectivity index (χ3n) is 3.42. The van der Waals surface area contributed by atoms with Crippen molar-refractivity contribution in [3.8, 4) is 0 Å². The minimum atomic E-state index is -0.0276. The second kappa shape index (κ2) is 6.99. The topological polar surface area (TPSA) is 41.1 Å². The monoisotopic (exact) mass is 312 g/mol. The maximum Gasteiger partial charge on any atom is 0.228 e. The first-order chi connectivity index (χ1) is 10.7. The second-order valence-electron chi connectivity index (χ2n) is 7.28. The van der Waals surface area contributed by atoms with E-state index in [-0.39, 0.29) is 5.54 Å². The van der Waals surface area contributed by atoms with Crippen LogP contribution >= 0.6 is 0 Å². The third kappa shape index (κ3) is 5.23. The molecule has 0 atom stereocenters. The Morgan fingerprint density at radius 2 is 1.74 bits per heavy atom. The van der Waals surface area contributed by atoms with Gasteiger partial charge in [0.1, 0.15) is 5.82 Å². The highest BCUT2D eigenvalue weighted by atomic mass is 15.3. The van der Waals surface area contributed by atoms with Crippen molar-refractivity contribution in [1.29, 1.82) is 0 Å². The van der Waals surface area contributed by atoms with Gasteiger partial charge in [0, 0.05) is 29.9 Å². The van der Waals surface area contributed by atoms with Gasteiger partial charge in [-0.3, -0.25) is 0 Å². The normalized spacial score (nSPS) is 11.6. The molecule has 0 saturated heterocycles. The summed E-state index contributed by atoms with van der Waals surface area (Å²) in [7, 11) is 0. The van der Waals surface area contributed by atoms with E-state index in [4.69, 9.17) is 4.98 Å². The lowest BCUT2D eigenvalue weighted by Crippen LogP contribution is -2.33. The summed E-state index contributed by atoms with van der Waals surface area (Å²) < 4.78 is 0. The summed E-state index contributed by atoms with van der Waals surface area (Å²) in [6.45, 7) is 13.6. The van der Waals surface area contributed by atoms with E-state index in [1.54, 1.807) is 0 Å². The number of aryl methyl sites for hydroxylation is 1. The standard InChI is InChI=1S/C19H28N4/c1-14(2)23(13-16-10-8-7-9-11-16)18-20-15(3)12-17(21-18)22-19(4,5)6/h7-12,14H,13H2,1-6H3,(H,20,21,22). The summed E-state index contributed by atoms with van der Waals surface area (Å²) in [6, 6.07) is 12.8. The first-order valence-electron chi connectivity index (χ1n) is 8.19. The van der Waals surface area contributed by atoms with E-state index in [1.165, 1.54) is 5.56 Å². The van der Waals surface area contributed by atoms with Gasteiger partial charge in [0.25, 0.3) is 0 Å². The van der Waals surface area contributed by atoms with Crippen LogP contribution in [0.3, 0.4) is 0 Å². The van der Waals surface area contributed by atoms with E-state index in [9.17, 15) is 0 Å². The average Bonchev–Trinajstić information content (AvgIpc) is 2.43. The molecule has 0 fully saturated rings. The van der Waals surface area contributed by atoms with E-state index >= 15 is 0 Å². The van der Waals surface area contributed by atoms with Gasteiger partial charge >= 0.3 is 0 Å². The molecule has 0 amide bonds. The fraction of sp³-hybridized carbons (Fsp3) is 0.474. The molecule has 23 heavy (non-hydrogen) atoms. The van der Waals surface area contributed by atoms with Crippen LogP contribution in [0.1, 0.15) is 45.9 Å². The van der Waals surface area contributed by atoms with Gasteiger partial charge in [0.2, 0.25) is 5.95 Å². The Labute approximate surface area is 140 Å². The first-order valence-corrected chi connectivity index (χ1v) is 8.19. The molecular weight excluding hydrogens is 284 g/mol.